The summed E-state index contributed by atoms with van der Waals surface area (Å²) >= 11 is 0. The first-order valence-corrected chi connectivity index (χ1v) is 10.6. The van der Waals surface area contributed by atoms with Crippen molar-refractivity contribution in [1.29, 1.82) is 0 Å². The number of hydrogen-bond acceptors (Lipinski definition) is 5. The van der Waals surface area contributed by atoms with Crippen LogP contribution in [-0.2, 0) is 19.6 Å². The first kappa shape index (κ1) is 22.8. The standard InChI is InChI=1S/C18H29N3O5S/c1-11(2)9-16(22)20-17(12(3)4)18(23)19-13-7-8-15(26-5)14(10-13)21-27(6,24)25/h7-8,10-12,17,21H,9H2,1-6H3,(H,19,23)(H,20,22). The molecule has 0 aromatic heterocycles. The first-order chi connectivity index (χ1) is 12.4. The molecular formula is C18H29N3O5S. The van der Waals surface area contributed by atoms with E-state index in [9.17, 15) is 18.0 Å². The average Bonchev–Trinajstić information content (AvgIpc) is 2.50. The van der Waals surface area contributed by atoms with Crippen molar-refractivity contribution in [3.63, 3.8) is 0 Å². The predicted octanol–water partition coefficient (Wildman–Crippen LogP) is 2.19. The summed E-state index contributed by atoms with van der Waals surface area (Å²) in [5.41, 5.74) is 0.596. The van der Waals surface area contributed by atoms with E-state index < -0.39 is 16.1 Å². The SMILES string of the molecule is COc1ccc(NC(=O)C(NC(=O)CC(C)C)C(C)C)cc1NS(C)(=O)=O. The van der Waals surface area contributed by atoms with Crippen LogP contribution in [-0.4, -0.2) is 39.6 Å². The van der Waals surface area contributed by atoms with Gasteiger partial charge in [-0.15, -0.1) is 0 Å². The van der Waals surface area contributed by atoms with Crippen LogP contribution in [0.5, 0.6) is 5.75 Å². The molecule has 1 rings (SSSR count). The monoisotopic (exact) mass is 399 g/mol. The smallest absolute Gasteiger partial charge is 0.247 e. The van der Waals surface area contributed by atoms with Gasteiger partial charge in [-0.25, -0.2) is 8.42 Å². The number of carbonyl (C=O) groups is 2. The molecular weight excluding hydrogens is 370 g/mol. The molecule has 0 saturated carbocycles. The van der Waals surface area contributed by atoms with Gasteiger partial charge in [0.25, 0.3) is 0 Å². The minimum Gasteiger partial charge on any atom is -0.495 e. The number of methoxy groups -OCH3 is 1. The first-order valence-electron chi connectivity index (χ1n) is 8.69. The maximum absolute atomic E-state index is 12.6. The van der Waals surface area contributed by atoms with Crippen LogP contribution in [0, 0.1) is 11.8 Å². The maximum Gasteiger partial charge on any atom is 0.247 e. The van der Waals surface area contributed by atoms with E-state index >= 15 is 0 Å². The lowest BCUT2D eigenvalue weighted by Crippen LogP contribution is -2.47. The van der Waals surface area contributed by atoms with Crippen LogP contribution in [0.2, 0.25) is 0 Å². The fraction of sp³-hybridized carbons (Fsp3) is 0.556. The van der Waals surface area contributed by atoms with Crippen LogP contribution < -0.4 is 20.1 Å². The van der Waals surface area contributed by atoms with Crippen LogP contribution >= 0.6 is 0 Å². The molecule has 0 spiro atoms. The average molecular weight is 400 g/mol. The molecule has 0 heterocycles. The van der Waals surface area contributed by atoms with Crippen molar-refractivity contribution in [1.82, 2.24) is 5.32 Å². The molecule has 3 N–H and O–H groups in total. The zero-order valence-electron chi connectivity index (χ0n) is 16.6. The lowest BCUT2D eigenvalue weighted by atomic mass is 10.0. The van der Waals surface area contributed by atoms with Gasteiger partial charge in [0.1, 0.15) is 11.8 Å². The normalized spacial score (nSPS) is 12.6. The Morgan fingerprint density at radius 2 is 1.78 bits per heavy atom. The van der Waals surface area contributed by atoms with Gasteiger partial charge in [0.15, 0.2) is 0 Å². The molecule has 27 heavy (non-hydrogen) atoms. The highest BCUT2D eigenvalue weighted by Crippen LogP contribution is 2.28. The predicted molar refractivity (Wildman–Crippen MR) is 106 cm³/mol. The van der Waals surface area contributed by atoms with Crippen LogP contribution in [0.25, 0.3) is 0 Å². The second kappa shape index (κ2) is 9.59. The molecule has 0 bridgehead atoms. The number of benzene rings is 1. The Hall–Kier alpha value is -2.29. The number of sulfonamides is 1. The summed E-state index contributed by atoms with van der Waals surface area (Å²) in [7, 11) is -2.10. The molecule has 1 aromatic rings. The minimum absolute atomic E-state index is 0.118. The van der Waals surface area contributed by atoms with E-state index in [2.05, 4.69) is 15.4 Å². The number of amides is 2. The molecule has 1 atom stereocenters. The van der Waals surface area contributed by atoms with E-state index in [1.165, 1.54) is 13.2 Å². The van der Waals surface area contributed by atoms with Crippen molar-refractivity contribution >= 4 is 33.2 Å². The molecule has 9 heteroatoms. The summed E-state index contributed by atoms with van der Waals surface area (Å²) in [6.45, 7) is 7.53. The zero-order chi connectivity index (χ0) is 20.8. The minimum atomic E-state index is -3.51. The summed E-state index contributed by atoms with van der Waals surface area (Å²) in [5.74, 6) is -0.172. The second-order valence-corrected chi connectivity index (χ2v) is 8.91. The third-order valence-electron chi connectivity index (χ3n) is 3.62. The van der Waals surface area contributed by atoms with Crippen LogP contribution in [0.4, 0.5) is 11.4 Å². The molecule has 0 fully saturated rings. The van der Waals surface area contributed by atoms with Crippen molar-refractivity contribution in [2.75, 3.05) is 23.4 Å². The van der Waals surface area contributed by atoms with E-state index in [0.717, 1.165) is 6.26 Å². The van der Waals surface area contributed by atoms with Gasteiger partial charge in [-0.3, -0.25) is 14.3 Å². The van der Waals surface area contributed by atoms with Crippen molar-refractivity contribution in [3.8, 4) is 5.75 Å². The van der Waals surface area contributed by atoms with Gasteiger partial charge >= 0.3 is 0 Å². The van der Waals surface area contributed by atoms with Gasteiger partial charge in [-0.2, -0.15) is 0 Å². The summed E-state index contributed by atoms with van der Waals surface area (Å²) in [5, 5.41) is 5.47. The van der Waals surface area contributed by atoms with Gasteiger partial charge in [-0.05, 0) is 30.0 Å². The van der Waals surface area contributed by atoms with Gasteiger partial charge < -0.3 is 15.4 Å². The lowest BCUT2D eigenvalue weighted by Gasteiger charge is -2.22. The second-order valence-electron chi connectivity index (χ2n) is 7.17. The molecule has 0 aliphatic heterocycles. The summed E-state index contributed by atoms with van der Waals surface area (Å²) in [6.07, 6.45) is 1.36. The van der Waals surface area contributed by atoms with E-state index in [1.807, 2.05) is 27.7 Å². The maximum atomic E-state index is 12.6. The van der Waals surface area contributed by atoms with E-state index in [1.54, 1.807) is 12.1 Å². The lowest BCUT2D eigenvalue weighted by molar-refractivity contribution is -0.127. The van der Waals surface area contributed by atoms with Gasteiger partial charge in [-0.1, -0.05) is 27.7 Å². The molecule has 0 saturated heterocycles. The number of rotatable bonds is 9. The van der Waals surface area contributed by atoms with Crippen molar-refractivity contribution in [2.24, 2.45) is 11.8 Å². The highest BCUT2D eigenvalue weighted by Gasteiger charge is 2.24. The fourth-order valence-electron chi connectivity index (χ4n) is 2.42. The van der Waals surface area contributed by atoms with Gasteiger partial charge in [0, 0.05) is 12.1 Å². The Morgan fingerprint density at radius 1 is 1.15 bits per heavy atom. The zero-order valence-corrected chi connectivity index (χ0v) is 17.4. The molecule has 2 amide bonds. The van der Waals surface area contributed by atoms with Crippen molar-refractivity contribution < 1.29 is 22.7 Å². The summed E-state index contributed by atoms with van der Waals surface area (Å²) < 4.78 is 30.5. The fourth-order valence-corrected chi connectivity index (χ4v) is 2.98. The Kier molecular flexibility index (Phi) is 8.08. The van der Waals surface area contributed by atoms with Crippen LogP contribution in [0.15, 0.2) is 18.2 Å². The van der Waals surface area contributed by atoms with Crippen LogP contribution in [0.1, 0.15) is 34.1 Å². The largest absolute Gasteiger partial charge is 0.495 e. The quantitative estimate of drug-likeness (QED) is 0.589. The third kappa shape index (κ3) is 7.86. The van der Waals surface area contributed by atoms with E-state index in [0.29, 0.717) is 17.9 Å². The Bertz CT molecular complexity index is 775. The molecule has 1 aromatic carbocycles. The molecule has 0 aliphatic carbocycles. The highest BCUT2D eigenvalue weighted by atomic mass is 32.2. The molecule has 0 radical (unpaired) electrons. The number of hydrogen-bond donors (Lipinski definition) is 3. The molecule has 8 nitrogen and oxygen atoms in total. The number of nitrogens with one attached hydrogen (secondary N) is 3. The van der Waals surface area contributed by atoms with Crippen molar-refractivity contribution in [3.05, 3.63) is 18.2 Å². The van der Waals surface area contributed by atoms with Gasteiger partial charge in [0.05, 0.1) is 19.1 Å². The molecule has 1 unspecified atom stereocenters. The topological polar surface area (TPSA) is 114 Å². The summed E-state index contributed by atoms with van der Waals surface area (Å²) in [4.78, 5) is 24.7. The molecule has 0 aliphatic rings. The summed E-state index contributed by atoms with van der Waals surface area (Å²) in [6, 6.07) is 3.90. The number of anilines is 2. The Balaban J connectivity index is 2.98. The third-order valence-corrected chi connectivity index (χ3v) is 4.21. The van der Waals surface area contributed by atoms with Crippen LogP contribution in [0.3, 0.4) is 0 Å². The van der Waals surface area contributed by atoms with E-state index in [4.69, 9.17) is 4.74 Å². The van der Waals surface area contributed by atoms with Crippen molar-refractivity contribution in [2.45, 2.75) is 40.2 Å². The number of ether oxygens (including phenoxy) is 1. The number of carbonyl (C=O) groups excluding carboxylic acids is 2. The highest BCUT2D eigenvalue weighted by molar-refractivity contribution is 7.92. The molecule has 152 valence electrons. The van der Waals surface area contributed by atoms with Gasteiger partial charge in [0.2, 0.25) is 21.8 Å². The van der Waals surface area contributed by atoms with E-state index in [-0.39, 0.29) is 29.3 Å². The Labute approximate surface area is 161 Å². The Morgan fingerprint density at radius 3 is 2.26 bits per heavy atom.